The average Bonchev–Trinajstić information content (AvgIpc) is 2.72. The molecule has 0 unspecified atom stereocenters. The van der Waals surface area contributed by atoms with E-state index in [1.54, 1.807) is 0 Å². The molecule has 0 fully saturated rings. The van der Waals surface area contributed by atoms with Crippen LogP contribution in [-0.4, -0.2) is 12.5 Å². The smallest absolute Gasteiger partial charge is 0.218 e. The zero-order chi connectivity index (χ0) is 20.6. The fourth-order valence-corrected chi connectivity index (χ4v) is 3.68. The summed E-state index contributed by atoms with van der Waals surface area (Å²) in [5.41, 5.74) is 11.1. The molecule has 3 aromatic rings. The standard InChI is InChI=1S/C24H25BrN2O2/c1-17-20(8-5-9-21(17)19-6-3-2-4-7-19)16-29-23-11-10-18(14-22(23)25)15-27-13-12-24(26)28/h2-11,14,27H,12-13,15-16H2,1H3,(H2,26,28). The molecule has 0 aliphatic rings. The number of hydrogen-bond donors (Lipinski definition) is 2. The lowest BCUT2D eigenvalue weighted by molar-refractivity contribution is -0.117. The number of carbonyl (C=O) groups excluding carboxylic acids is 1. The fraction of sp³-hybridized carbons (Fsp3) is 0.208. The molecule has 29 heavy (non-hydrogen) atoms. The summed E-state index contributed by atoms with van der Waals surface area (Å²) in [6.07, 6.45) is 0.337. The van der Waals surface area contributed by atoms with Gasteiger partial charge in [-0.3, -0.25) is 4.79 Å². The van der Waals surface area contributed by atoms with E-state index in [1.807, 2.05) is 24.3 Å². The molecular weight excluding hydrogens is 428 g/mol. The number of benzene rings is 3. The third-order valence-electron chi connectivity index (χ3n) is 4.79. The highest BCUT2D eigenvalue weighted by atomic mass is 79.9. The van der Waals surface area contributed by atoms with Crippen LogP contribution in [-0.2, 0) is 17.9 Å². The summed E-state index contributed by atoms with van der Waals surface area (Å²) >= 11 is 3.60. The van der Waals surface area contributed by atoms with Gasteiger partial charge in [0.15, 0.2) is 0 Å². The molecule has 0 atom stereocenters. The highest BCUT2D eigenvalue weighted by Gasteiger charge is 2.08. The second kappa shape index (κ2) is 10.2. The van der Waals surface area contributed by atoms with E-state index in [0.717, 1.165) is 21.3 Å². The largest absolute Gasteiger partial charge is 0.488 e. The van der Waals surface area contributed by atoms with E-state index in [9.17, 15) is 4.79 Å². The van der Waals surface area contributed by atoms with E-state index >= 15 is 0 Å². The van der Waals surface area contributed by atoms with E-state index in [4.69, 9.17) is 10.5 Å². The van der Waals surface area contributed by atoms with Crippen molar-refractivity contribution in [3.05, 3.63) is 87.9 Å². The van der Waals surface area contributed by atoms with Crippen LogP contribution in [0.3, 0.4) is 0 Å². The van der Waals surface area contributed by atoms with Crippen LogP contribution >= 0.6 is 15.9 Å². The lowest BCUT2D eigenvalue weighted by atomic mass is 9.97. The first-order chi connectivity index (χ1) is 14.0. The van der Waals surface area contributed by atoms with Crippen molar-refractivity contribution < 1.29 is 9.53 Å². The van der Waals surface area contributed by atoms with Gasteiger partial charge in [0.25, 0.3) is 0 Å². The van der Waals surface area contributed by atoms with Crippen molar-refractivity contribution in [1.29, 1.82) is 0 Å². The zero-order valence-electron chi connectivity index (χ0n) is 16.5. The Morgan fingerprint density at radius 2 is 1.86 bits per heavy atom. The minimum absolute atomic E-state index is 0.297. The highest BCUT2D eigenvalue weighted by Crippen LogP contribution is 2.29. The van der Waals surface area contributed by atoms with Crippen molar-refractivity contribution in [2.45, 2.75) is 26.5 Å². The van der Waals surface area contributed by atoms with Gasteiger partial charge in [0.1, 0.15) is 12.4 Å². The summed E-state index contributed by atoms with van der Waals surface area (Å²) in [6, 6.07) is 22.7. The van der Waals surface area contributed by atoms with Crippen molar-refractivity contribution >= 4 is 21.8 Å². The Bertz CT molecular complexity index is 974. The maximum atomic E-state index is 10.8. The summed E-state index contributed by atoms with van der Waals surface area (Å²) in [5.74, 6) is 0.504. The quantitative estimate of drug-likeness (QED) is 0.450. The van der Waals surface area contributed by atoms with Crippen LogP contribution in [0.15, 0.2) is 71.2 Å². The Morgan fingerprint density at radius 3 is 2.59 bits per heavy atom. The van der Waals surface area contributed by atoms with Gasteiger partial charge in [-0.25, -0.2) is 0 Å². The highest BCUT2D eigenvalue weighted by molar-refractivity contribution is 9.10. The first kappa shape index (κ1) is 21.1. The molecule has 0 heterocycles. The number of primary amides is 1. The van der Waals surface area contributed by atoms with Crippen LogP contribution in [0.2, 0.25) is 0 Å². The van der Waals surface area contributed by atoms with Crippen molar-refractivity contribution in [1.82, 2.24) is 5.32 Å². The maximum Gasteiger partial charge on any atom is 0.218 e. The van der Waals surface area contributed by atoms with E-state index in [-0.39, 0.29) is 5.91 Å². The Balaban J connectivity index is 1.64. The molecule has 5 heteroatoms. The molecule has 0 saturated heterocycles. The zero-order valence-corrected chi connectivity index (χ0v) is 18.0. The lowest BCUT2D eigenvalue weighted by Crippen LogP contribution is -2.21. The molecule has 0 aliphatic carbocycles. The number of nitrogens with two attached hydrogens (primary N) is 1. The molecule has 3 rings (SSSR count). The predicted molar refractivity (Wildman–Crippen MR) is 121 cm³/mol. The molecule has 0 bridgehead atoms. The van der Waals surface area contributed by atoms with Gasteiger partial charge in [-0.15, -0.1) is 0 Å². The van der Waals surface area contributed by atoms with E-state index < -0.39 is 0 Å². The van der Waals surface area contributed by atoms with Crippen molar-refractivity contribution in [2.75, 3.05) is 6.54 Å². The summed E-state index contributed by atoms with van der Waals surface area (Å²) in [4.78, 5) is 10.8. The van der Waals surface area contributed by atoms with E-state index in [0.29, 0.717) is 26.1 Å². The minimum Gasteiger partial charge on any atom is -0.488 e. The predicted octanol–water partition coefficient (Wildman–Crippen LogP) is 4.97. The van der Waals surface area contributed by atoms with Crippen LogP contribution in [0, 0.1) is 6.92 Å². The summed E-state index contributed by atoms with van der Waals surface area (Å²) < 4.78 is 6.98. The fourth-order valence-electron chi connectivity index (χ4n) is 3.14. The third-order valence-corrected chi connectivity index (χ3v) is 5.41. The first-order valence-electron chi connectivity index (χ1n) is 9.59. The maximum absolute atomic E-state index is 10.8. The molecule has 3 N–H and O–H groups in total. The van der Waals surface area contributed by atoms with Gasteiger partial charge in [-0.05, 0) is 62.8 Å². The average molecular weight is 453 g/mol. The molecule has 0 spiro atoms. The van der Waals surface area contributed by atoms with Gasteiger partial charge in [-0.2, -0.15) is 0 Å². The SMILES string of the molecule is Cc1c(COc2ccc(CNCCC(N)=O)cc2Br)cccc1-c1ccccc1. The second-order valence-electron chi connectivity index (χ2n) is 6.90. The summed E-state index contributed by atoms with van der Waals surface area (Å²) in [6.45, 7) is 3.88. The molecule has 0 radical (unpaired) electrons. The Hall–Kier alpha value is -2.63. The topological polar surface area (TPSA) is 64.3 Å². The molecular formula is C24H25BrN2O2. The third kappa shape index (κ3) is 5.92. The molecule has 150 valence electrons. The van der Waals surface area contributed by atoms with Crippen molar-refractivity contribution in [3.63, 3.8) is 0 Å². The van der Waals surface area contributed by atoms with Crippen molar-refractivity contribution in [3.8, 4) is 16.9 Å². The number of rotatable bonds is 9. The van der Waals surface area contributed by atoms with Gasteiger partial charge >= 0.3 is 0 Å². The van der Waals surface area contributed by atoms with Gasteiger partial charge in [0.2, 0.25) is 5.91 Å². The van der Waals surface area contributed by atoms with Gasteiger partial charge in [-0.1, -0.05) is 54.6 Å². The monoisotopic (exact) mass is 452 g/mol. The summed E-state index contributed by atoms with van der Waals surface area (Å²) in [5, 5.41) is 3.20. The van der Waals surface area contributed by atoms with Crippen LogP contribution in [0.25, 0.3) is 11.1 Å². The lowest BCUT2D eigenvalue weighted by Gasteiger charge is -2.14. The number of carbonyl (C=O) groups is 1. The molecule has 3 aromatic carbocycles. The van der Waals surface area contributed by atoms with Crippen LogP contribution in [0.1, 0.15) is 23.1 Å². The number of nitrogens with one attached hydrogen (secondary N) is 1. The Morgan fingerprint density at radius 1 is 1.07 bits per heavy atom. The van der Waals surface area contributed by atoms with Gasteiger partial charge < -0.3 is 15.8 Å². The Labute approximate surface area is 180 Å². The number of ether oxygens (including phenoxy) is 1. The first-order valence-corrected chi connectivity index (χ1v) is 10.4. The second-order valence-corrected chi connectivity index (χ2v) is 7.76. The molecule has 1 amide bonds. The summed E-state index contributed by atoms with van der Waals surface area (Å²) in [7, 11) is 0. The van der Waals surface area contributed by atoms with Crippen LogP contribution < -0.4 is 15.8 Å². The van der Waals surface area contributed by atoms with Crippen molar-refractivity contribution in [2.24, 2.45) is 5.73 Å². The van der Waals surface area contributed by atoms with E-state index in [1.165, 1.54) is 16.7 Å². The van der Waals surface area contributed by atoms with E-state index in [2.05, 4.69) is 70.6 Å². The molecule has 0 aromatic heterocycles. The number of amides is 1. The number of hydrogen-bond acceptors (Lipinski definition) is 3. The van der Waals surface area contributed by atoms with Crippen LogP contribution in [0.5, 0.6) is 5.75 Å². The minimum atomic E-state index is -0.297. The molecule has 0 saturated carbocycles. The molecule has 4 nitrogen and oxygen atoms in total. The van der Waals surface area contributed by atoms with Gasteiger partial charge in [0.05, 0.1) is 4.47 Å². The van der Waals surface area contributed by atoms with Gasteiger partial charge in [0, 0.05) is 19.5 Å². The number of halogens is 1. The van der Waals surface area contributed by atoms with Crippen LogP contribution in [0.4, 0.5) is 0 Å². The molecule has 0 aliphatic heterocycles. The normalized spacial score (nSPS) is 10.7. The Kier molecular flexibility index (Phi) is 7.44.